The topological polar surface area (TPSA) is 69.0 Å². The van der Waals surface area contributed by atoms with Crippen LogP contribution in [0.1, 0.15) is 41.6 Å². The van der Waals surface area contributed by atoms with Gasteiger partial charge < -0.3 is 18.8 Å². The molecule has 0 aliphatic carbocycles. The van der Waals surface area contributed by atoms with Gasteiger partial charge in [-0.3, -0.25) is 9.59 Å². The van der Waals surface area contributed by atoms with Crippen molar-refractivity contribution in [3.8, 4) is 11.5 Å². The molecule has 34 heavy (non-hydrogen) atoms. The first-order valence-electron chi connectivity index (χ1n) is 11.7. The Morgan fingerprint density at radius 2 is 1.88 bits per heavy atom. The molecule has 1 saturated heterocycles. The van der Waals surface area contributed by atoms with Crippen LogP contribution in [0.5, 0.6) is 11.5 Å². The molecule has 2 heterocycles. The number of carbonyl (C=O) groups is 1. The van der Waals surface area contributed by atoms with Gasteiger partial charge in [-0.05, 0) is 88.1 Å². The van der Waals surface area contributed by atoms with E-state index in [9.17, 15) is 14.0 Å². The molecule has 3 aromatic rings. The van der Waals surface area contributed by atoms with Crippen LogP contribution in [0.25, 0.3) is 11.0 Å². The SMILES string of the molecule is COc1ccc2c(=O)c(CCCN3CCCC(C(=O)c4ccc(F)cc4)CC3)coc2c1OC. The van der Waals surface area contributed by atoms with Gasteiger partial charge in [-0.2, -0.15) is 0 Å². The van der Waals surface area contributed by atoms with E-state index in [0.29, 0.717) is 40.0 Å². The number of ether oxygens (including phenoxy) is 2. The molecule has 0 N–H and O–H groups in total. The van der Waals surface area contributed by atoms with Crippen LogP contribution in [0, 0.1) is 11.7 Å². The number of Topliss-reactive ketones (excluding diaryl/α,β-unsaturated/α-hetero) is 1. The van der Waals surface area contributed by atoms with E-state index in [1.807, 2.05) is 0 Å². The molecule has 0 radical (unpaired) electrons. The molecule has 0 amide bonds. The molecule has 7 heteroatoms. The number of ketones is 1. The van der Waals surface area contributed by atoms with Gasteiger partial charge in [0.15, 0.2) is 22.5 Å². The third-order valence-electron chi connectivity index (χ3n) is 6.60. The van der Waals surface area contributed by atoms with Crippen molar-refractivity contribution in [1.82, 2.24) is 4.90 Å². The average Bonchev–Trinajstić information content (AvgIpc) is 3.10. The van der Waals surface area contributed by atoms with Crippen molar-refractivity contribution in [3.05, 3.63) is 69.8 Å². The van der Waals surface area contributed by atoms with E-state index in [0.717, 1.165) is 45.3 Å². The minimum absolute atomic E-state index is 0.0324. The number of nitrogens with zero attached hydrogens (tertiary/aromatic N) is 1. The van der Waals surface area contributed by atoms with E-state index in [4.69, 9.17) is 13.9 Å². The van der Waals surface area contributed by atoms with Crippen molar-refractivity contribution in [1.29, 1.82) is 0 Å². The van der Waals surface area contributed by atoms with E-state index in [1.165, 1.54) is 25.5 Å². The van der Waals surface area contributed by atoms with Crippen molar-refractivity contribution in [2.45, 2.75) is 32.1 Å². The lowest BCUT2D eigenvalue weighted by atomic mass is 9.91. The third-order valence-corrected chi connectivity index (χ3v) is 6.60. The molecular formula is C27H30FNO5. The number of hydrogen-bond acceptors (Lipinski definition) is 6. The van der Waals surface area contributed by atoms with E-state index in [-0.39, 0.29) is 22.9 Å². The normalized spacial score (nSPS) is 16.9. The van der Waals surface area contributed by atoms with Gasteiger partial charge in [0.1, 0.15) is 5.82 Å². The number of hydrogen-bond donors (Lipinski definition) is 0. The van der Waals surface area contributed by atoms with Crippen molar-refractivity contribution in [2.24, 2.45) is 5.92 Å². The molecule has 0 saturated carbocycles. The number of rotatable bonds is 8. The minimum atomic E-state index is -0.331. The summed E-state index contributed by atoms with van der Waals surface area (Å²) in [6.45, 7) is 2.61. The fourth-order valence-electron chi connectivity index (χ4n) is 4.71. The summed E-state index contributed by atoms with van der Waals surface area (Å²) in [6, 6.07) is 9.24. The summed E-state index contributed by atoms with van der Waals surface area (Å²) in [5.74, 6) is 0.668. The first kappa shape index (κ1) is 24.0. The largest absolute Gasteiger partial charge is 0.493 e. The number of aryl methyl sites for hydroxylation is 1. The lowest BCUT2D eigenvalue weighted by Gasteiger charge is -2.20. The Labute approximate surface area is 198 Å². The van der Waals surface area contributed by atoms with Gasteiger partial charge in [-0.1, -0.05) is 0 Å². The zero-order valence-electron chi connectivity index (χ0n) is 19.6. The van der Waals surface area contributed by atoms with Crippen LogP contribution in [0.4, 0.5) is 4.39 Å². The molecule has 1 atom stereocenters. The van der Waals surface area contributed by atoms with Crippen LogP contribution in [0.2, 0.25) is 0 Å². The molecule has 1 aromatic heterocycles. The van der Waals surface area contributed by atoms with E-state index < -0.39 is 0 Å². The summed E-state index contributed by atoms with van der Waals surface area (Å²) in [6.07, 6.45) is 5.52. The van der Waals surface area contributed by atoms with E-state index in [1.54, 1.807) is 31.4 Å². The molecule has 0 bridgehead atoms. The highest BCUT2D eigenvalue weighted by Gasteiger charge is 2.24. The van der Waals surface area contributed by atoms with Crippen molar-refractivity contribution in [3.63, 3.8) is 0 Å². The Kier molecular flexibility index (Phi) is 7.63. The second kappa shape index (κ2) is 10.8. The molecule has 6 nitrogen and oxygen atoms in total. The fourth-order valence-corrected chi connectivity index (χ4v) is 4.71. The summed E-state index contributed by atoms with van der Waals surface area (Å²) >= 11 is 0. The highest BCUT2D eigenvalue weighted by atomic mass is 19.1. The van der Waals surface area contributed by atoms with Crippen LogP contribution in [-0.2, 0) is 6.42 Å². The van der Waals surface area contributed by atoms with Gasteiger partial charge in [-0.25, -0.2) is 4.39 Å². The maximum absolute atomic E-state index is 13.2. The molecule has 4 rings (SSSR count). The number of likely N-dealkylation sites (tertiary alicyclic amines) is 1. The van der Waals surface area contributed by atoms with Gasteiger partial charge in [-0.15, -0.1) is 0 Å². The maximum Gasteiger partial charge on any atom is 0.204 e. The Morgan fingerprint density at radius 1 is 1.09 bits per heavy atom. The van der Waals surface area contributed by atoms with Crippen LogP contribution >= 0.6 is 0 Å². The Morgan fingerprint density at radius 3 is 2.62 bits per heavy atom. The fraction of sp³-hybridized carbons (Fsp3) is 0.407. The zero-order chi connectivity index (χ0) is 24.1. The first-order chi connectivity index (χ1) is 16.5. The molecule has 180 valence electrons. The van der Waals surface area contributed by atoms with Crippen molar-refractivity contribution in [2.75, 3.05) is 33.9 Å². The summed E-state index contributed by atoms with van der Waals surface area (Å²) in [7, 11) is 3.06. The zero-order valence-corrected chi connectivity index (χ0v) is 19.6. The number of fused-ring (bicyclic) bond motifs is 1. The predicted molar refractivity (Wildman–Crippen MR) is 128 cm³/mol. The van der Waals surface area contributed by atoms with Crippen LogP contribution < -0.4 is 14.9 Å². The number of methoxy groups -OCH3 is 2. The molecule has 0 spiro atoms. The van der Waals surface area contributed by atoms with Gasteiger partial charge in [0.25, 0.3) is 0 Å². The third kappa shape index (κ3) is 5.14. The minimum Gasteiger partial charge on any atom is -0.493 e. The Balaban J connectivity index is 1.34. The van der Waals surface area contributed by atoms with E-state index in [2.05, 4.69) is 4.90 Å². The Bertz CT molecular complexity index is 1200. The monoisotopic (exact) mass is 467 g/mol. The predicted octanol–water partition coefficient (Wildman–Crippen LogP) is 4.87. The van der Waals surface area contributed by atoms with Gasteiger partial charge in [0, 0.05) is 17.0 Å². The lowest BCUT2D eigenvalue weighted by Crippen LogP contribution is -2.27. The summed E-state index contributed by atoms with van der Waals surface area (Å²) in [4.78, 5) is 28.1. The number of benzene rings is 2. The van der Waals surface area contributed by atoms with Crippen LogP contribution in [-0.4, -0.2) is 44.5 Å². The van der Waals surface area contributed by atoms with E-state index >= 15 is 0 Å². The smallest absolute Gasteiger partial charge is 0.204 e. The molecule has 1 aliphatic rings. The molecule has 2 aromatic carbocycles. The lowest BCUT2D eigenvalue weighted by molar-refractivity contribution is 0.0907. The highest BCUT2D eigenvalue weighted by molar-refractivity contribution is 5.97. The van der Waals surface area contributed by atoms with Crippen molar-refractivity contribution < 1.29 is 23.1 Å². The quantitative estimate of drug-likeness (QED) is 0.441. The number of halogens is 1. The van der Waals surface area contributed by atoms with Gasteiger partial charge in [0.05, 0.1) is 25.9 Å². The van der Waals surface area contributed by atoms with Crippen molar-refractivity contribution >= 4 is 16.8 Å². The second-order valence-electron chi connectivity index (χ2n) is 8.71. The first-order valence-corrected chi connectivity index (χ1v) is 11.7. The molecular weight excluding hydrogens is 437 g/mol. The van der Waals surface area contributed by atoms with Gasteiger partial charge in [0.2, 0.25) is 5.75 Å². The van der Waals surface area contributed by atoms with Gasteiger partial charge >= 0.3 is 0 Å². The molecule has 1 aliphatic heterocycles. The average molecular weight is 468 g/mol. The molecule has 1 unspecified atom stereocenters. The number of carbonyl (C=O) groups excluding carboxylic acids is 1. The van der Waals surface area contributed by atoms with Crippen LogP contribution in [0.3, 0.4) is 0 Å². The maximum atomic E-state index is 13.2. The summed E-state index contributed by atoms with van der Waals surface area (Å²) in [5, 5.41) is 0.479. The summed E-state index contributed by atoms with van der Waals surface area (Å²) < 4.78 is 29.6. The highest BCUT2D eigenvalue weighted by Crippen LogP contribution is 2.34. The Hall–Kier alpha value is -3.19. The summed E-state index contributed by atoms with van der Waals surface area (Å²) in [5.41, 5.74) is 1.55. The second-order valence-corrected chi connectivity index (χ2v) is 8.71. The van der Waals surface area contributed by atoms with Crippen LogP contribution in [0.15, 0.2) is 51.9 Å². The standard InChI is InChI=1S/C27H30FNO5/c1-32-23-12-11-22-25(31)20(17-34-26(22)27(23)33-2)6-4-15-29-14-3-5-18(13-16-29)24(30)19-7-9-21(28)10-8-19/h7-12,17-18H,3-6,13-16H2,1-2H3. The molecule has 1 fully saturated rings.